The predicted octanol–water partition coefficient (Wildman–Crippen LogP) is 7.90. The molecule has 0 spiro atoms. The molecule has 51 heavy (non-hydrogen) atoms. The van der Waals surface area contributed by atoms with Crippen molar-refractivity contribution in [2.45, 2.75) is 143 Å². The fourth-order valence-corrected chi connectivity index (χ4v) is 9.35. The smallest absolute Gasteiger partial charge is 0.410 e. The third-order valence-electron chi connectivity index (χ3n) is 11.9. The van der Waals surface area contributed by atoms with Crippen LogP contribution >= 0.6 is 0 Å². The molecule has 0 aromatic carbocycles. The van der Waals surface area contributed by atoms with Crippen LogP contribution in [0.3, 0.4) is 0 Å². The molecular weight excluding hydrogens is 642 g/mol. The van der Waals surface area contributed by atoms with Gasteiger partial charge in [0.05, 0.1) is 11.5 Å². The van der Waals surface area contributed by atoms with Crippen LogP contribution in [0.2, 0.25) is 0 Å². The second-order valence-corrected chi connectivity index (χ2v) is 18.6. The van der Waals surface area contributed by atoms with Crippen molar-refractivity contribution in [2.75, 3.05) is 45.2 Å². The Labute approximate surface area is 307 Å². The number of amides is 2. The van der Waals surface area contributed by atoms with E-state index in [9.17, 15) is 14.4 Å². The quantitative estimate of drug-likeness (QED) is 0.172. The van der Waals surface area contributed by atoms with Gasteiger partial charge in [0, 0.05) is 64.0 Å². The number of carbonyl (C=O) groups is 3. The summed E-state index contributed by atoms with van der Waals surface area (Å²) in [6.07, 6.45) is 12.0. The summed E-state index contributed by atoms with van der Waals surface area (Å²) in [6.45, 7) is 19.3. The molecule has 286 valence electrons. The van der Waals surface area contributed by atoms with Crippen LogP contribution in [0.15, 0.2) is 6.20 Å². The lowest BCUT2D eigenvalue weighted by molar-refractivity contribution is -0.145. The van der Waals surface area contributed by atoms with Crippen molar-refractivity contribution in [3.8, 4) is 0 Å². The first kappa shape index (κ1) is 39.5. The Kier molecular flexibility index (Phi) is 12.5. The van der Waals surface area contributed by atoms with E-state index >= 15 is 0 Å². The molecule has 6 atom stereocenters. The second kappa shape index (κ2) is 16.1. The number of methoxy groups -OCH3 is 1. The Balaban J connectivity index is 1.45. The number of hydrogen-bond acceptors (Lipinski definition) is 8. The van der Waals surface area contributed by atoms with Crippen LogP contribution in [0.5, 0.6) is 0 Å². The Morgan fingerprint density at radius 3 is 2.45 bits per heavy atom. The Morgan fingerprint density at radius 1 is 1.04 bits per heavy atom. The maximum absolute atomic E-state index is 14.6. The topological polar surface area (TPSA) is 114 Å². The number of hydrogen-bond donors (Lipinski definition) is 1. The first-order valence-electron chi connectivity index (χ1n) is 19.9. The summed E-state index contributed by atoms with van der Waals surface area (Å²) in [5.41, 5.74) is -0.721. The summed E-state index contributed by atoms with van der Waals surface area (Å²) < 4.78 is 11.2. The summed E-state index contributed by atoms with van der Waals surface area (Å²) in [6, 6.07) is 0.311. The van der Waals surface area contributed by atoms with Gasteiger partial charge in [-0.25, -0.2) is 14.8 Å². The number of aromatic nitrogens is 2. The van der Waals surface area contributed by atoms with Crippen molar-refractivity contribution in [1.29, 1.82) is 0 Å². The van der Waals surface area contributed by atoms with Gasteiger partial charge in [-0.2, -0.15) is 0 Å². The van der Waals surface area contributed by atoms with Crippen LogP contribution in [-0.2, 0) is 19.7 Å². The molecule has 0 bridgehead atoms. The molecule has 5 rings (SSSR count). The van der Waals surface area contributed by atoms with E-state index < -0.39 is 5.60 Å². The van der Waals surface area contributed by atoms with Crippen molar-refractivity contribution in [3.63, 3.8) is 0 Å². The number of carbonyl (C=O) groups excluding carboxylic acids is 3. The minimum atomic E-state index is -0.648. The lowest BCUT2D eigenvalue weighted by Crippen LogP contribution is -2.56. The molecule has 2 saturated carbocycles. The highest BCUT2D eigenvalue weighted by Crippen LogP contribution is 2.65. The van der Waals surface area contributed by atoms with E-state index in [4.69, 9.17) is 14.5 Å². The van der Waals surface area contributed by atoms with Crippen molar-refractivity contribution in [2.24, 2.45) is 35.0 Å². The molecule has 1 N–H and O–H groups in total. The Morgan fingerprint density at radius 2 is 1.76 bits per heavy atom. The zero-order valence-electron chi connectivity index (χ0n) is 33.2. The van der Waals surface area contributed by atoms with Crippen LogP contribution in [0.1, 0.15) is 142 Å². The van der Waals surface area contributed by atoms with Crippen molar-refractivity contribution in [3.05, 3.63) is 17.6 Å². The highest BCUT2D eigenvalue weighted by Gasteiger charge is 2.61. The normalized spacial score (nSPS) is 28.3. The van der Waals surface area contributed by atoms with Gasteiger partial charge < -0.3 is 24.6 Å². The third kappa shape index (κ3) is 9.63. The van der Waals surface area contributed by atoms with Crippen LogP contribution in [0.4, 0.5) is 10.6 Å². The Hall–Kier alpha value is -2.75. The van der Waals surface area contributed by atoms with E-state index in [1.165, 1.54) is 25.7 Å². The lowest BCUT2D eigenvalue weighted by Gasteiger charge is -2.47. The molecule has 2 aliphatic heterocycles. The molecule has 1 aromatic heterocycles. The minimum absolute atomic E-state index is 0.000223. The zero-order valence-corrected chi connectivity index (χ0v) is 33.2. The van der Waals surface area contributed by atoms with Crippen molar-refractivity contribution >= 4 is 23.6 Å². The number of fused-ring (bicyclic) bond motifs is 1. The molecule has 2 saturated heterocycles. The molecule has 4 aliphatic rings. The molecule has 10 heteroatoms. The molecule has 5 unspecified atom stereocenters. The van der Waals surface area contributed by atoms with E-state index in [1.807, 2.05) is 20.8 Å². The van der Waals surface area contributed by atoms with Gasteiger partial charge in [0.2, 0.25) is 5.91 Å². The highest BCUT2D eigenvalue weighted by atomic mass is 16.6. The number of anilines is 1. The number of piperidine rings is 2. The number of ether oxygens (including phenoxy) is 2. The largest absolute Gasteiger partial charge is 0.444 e. The first-order chi connectivity index (χ1) is 24.0. The molecule has 4 fully saturated rings. The van der Waals surface area contributed by atoms with Gasteiger partial charge in [-0.1, -0.05) is 47.5 Å². The zero-order chi connectivity index (χ0) is 37.1. The minimum Gasteiger partial charge on any atom is -0.444 e. The maximum Gasteiger partial charge on any atom is 0.410 e. The maximum atomic E-state index is 14.6. The first-order valence-corrected chi connectivity index (χ1v) is 19.9. The van der Waals surface area contributed by atoms with Gasteiger partial charge >= 0.3 is 6.09 Å². The number of ketones is 1. The molecule has 1 aromatic rings. The van der Waals surface area contributed by atoms with Crippen molar-refractivity contribution in [1.82, 2.24) is 19.8 Å². The molecule has 0 radical (unpaired) electrons. The molecule has 3 heterocycles. The van der Waals surface area contributed by atoms with E-state index in [2.05, 4.69) is 49.8 Å². The summed E-state index contributed by atoms with van der Waals surface area (Å²) >= 11 is 0. The summed E-state index contributed by atoms with van der Waals surface area (Å²) in [7, 11) is 1.69. The van der Waals surface area contributed by atoms with Gasteiger partial charge in [-0.3, -0.25) is 9.59 Å². The number of nitrogens with one attached hydrogen (secondary N) is 1. The van der Waals surface area contributed by atoms with E-state index in [0.717, 1.165) is 38.6 Å². The van der Waals surface area contributed by atoms with Gasteiger partial charge in [0.25, 0.3) is 0 Å². The number of nitrogens with zero attached hydrogens (tertiary/aromatic N) is 4. The summed E-state index contributed by atoms with van der Waals surface area (Å²) in [5, 5.41) is 3.42. The summed E-state index contributed by atoms with van der Waals surface area (Å²) in [5.74, 6) is 2.57. The number of rotatable bonds is 12. The predicted molar refractivity (Wildman–Crippen MR) is 201 cm³/mol. The van der Waals surface area contributed by atoms with E-state index in [-0.39, 0.29) is 40.4 Å². The van der Waals surface area contributed by atoms with Crippen LogP contribution in [0.25, 0.3) is 0 Å². The van der Waals surface area contributed by atoms with E-state index in [1.54, 1.807) is 18.2 Å². The summed E-state index contributed by atoms with van der Waals surface area (Å²) in [4.78, 5) is 56.5. The van der Waals surface area contributed by atoms with Gasteiger partial charge in [0.1, 0.15) is 17.2 Å². The van der Waals surface area contributed by atoms with Gasteiger partial charge in [-0.15, -0.1) is 0 Å². The fourth-order valence-electron chi connectivity index (χ4n) is 9.35. The Bertz CT molecular complexity index is 1380. The molecular formula is C41H67N5O5. The molecule has 10 nitrogen and oxygen atoms in total. The highest BCUT2D eigenvalue weighted by molar-refractivity contribution is 6.00. The molecule has 2 aliphatic carbocycles. The van der Waals surface area contributed by atoms with Gasteiger partial charge in [-0.05, 0) is 101 Å². The fraction of sp³-hybridized carbons (Fsp3) is 0.829. The third-order valence-corrected chi connectivity index (χ3v) is 11.9. The van der Waals surface area contributed by atoms with Crippen LogP contribution in [0, 0.1) is 35.0 Å². The average Bonchev–Trinajstić information content (AvgIpc) is 3.76. The lowest BCUT2D eigenvalue weighted by atomic mass is 9.72. The second-order valence-electron chi connectivity index (χ2n) is 18.6. The monoisotopic (exact) mass is 710 g/mol. The van der Waals surface area contributed by atoms with Gasteiger partial charge in [0.15, 0.2) is 5.78 Å². The standard InChI is InChI=1S/C41H67N5O5/c1-27(2)20-30-22-41(30,23-34(47)32-24-43-37(39(3,4)5)44-35(32)42-17-13-19-50-9)31-21-29(25-45(26-31)38(49)51-40(6,7)8)36(48)46-18-12-15-28-14-10-11-16-33(28)46/h24,27-31,33H,10-23,25-26H2,1-9H3,(H,42,43,44)/t28?,29-,30?,31?,33?,41?/m1/s1. The SMILES string of the molecule is COCCCNc1nc(C(C)(C)C)ncc1C(=O)CC1(C2C[C@@H](C(=O)N3CCCC4CCCCC43)CN(C(=O)OC(C)(C)C)C2)CC1CC(C)C. The van der Waals surface area contributed by atoms with Crippen LogP contribution in [-0.4, -0.2) is 89.1 Å². The number of likely N-dealkylation sites (tertiary alicyclic amines) is 2. The van der Waals surface area contributed by atoms with Crippen LogP contribution < -0.4 is 5.32 Å². The van der Waals surface area contributed by atoms with E-state index in [0.29, 0.717) is 80.1 Å². The van der Waals surface area contributed by atoms with Crippen molar-refractivity contribution < 1.29 is 23.9 Å². The average molecular weight is 710 g/mol. The molecule has 2 amide bonds. The number of Topliss-reactive ketones (excluding diaryl/α,β-unsaturated/α-hetero) is 1.